The number of aromatic nitrogens is 2. The van der Waals surface area contributed by atoms with Crippen LogP contribution in [0.5, 0.6) is 0 Å². The number of imidazole rings is 1. The van der Waals surface area contributed by atoms with Gasteiger partial charge in [0.1, 0.15) is 6.17 Å². The van der Waals surface area contributed by atoms with Crippen LogP contribution in [0, 0.1) is 0 Å². The fraction of sp³-hybridized carbons (Fsp3) is 0.118. The van der Waals surface area contributed by atoms with Crippen LogP contribution in [0.4, 0.5) is 0 Å². The molecule has 2 N–H and O–H groups in total. The summed E-state index contributed by atoms with van der Waals surface area (Å²) in [5.41, 5.74) is 8.44. The van der Waals surface area contributed by atoms with Crippen LogP contribution in [0.3, 0.4) is 0 Å². The van der Waals surface area contributed by atoms with Crippen molar-refractivity contribution >= 4 is 33.0 Å². The predicted octanol–water partition coefficient (Wildman–Crippen LogP) is 3.77. The third-order valence-electron chi connectivity index (χ3n) is 3.78. The van der Waals surface area contributed by atoms with Gasteiger partial charge in [-0.3, -0.25) is 0 Å². The zero-order valence-corrected chi connectivity index (χ0v) is 15.6. The Morgan fingerprint density at radius 3 is 2.40 bits per heavy atom. The summed E-state index contributed by atoms with van der Waals surface area (Å²) >= 11 is 12.1. The summed E-state index contributed by atoms with van der Waals surface area (Å²) in [6.45, 7) is 0. The first kappa shape index (κ1) is 17.9. The molecule has 3 rings (SSSR count). The highest BCUT2D eigenvalue weighted by Crippen LogP contribution is 2.29. The van der Waals surface area contributed by atoms with Crippen molar-refractivity contribution in [2.75, 3.05) is 6.26 Å². The molecule has 5 nitrogen and oxygen atoms in total. The minimum atomic E-state index is -3.24. The fourth-order valence-corrected chi connectivity index (χ4v) is 3.55. The van der Waals surface area contributed by atoms with Gasteiger partial charge in [0, 0.05) is 23.0 Å². The lowest BCUT2D eigenvalue weighted by Crippen LogP contribution is -2.18. The van der Waals surface area contributed by atoms with E-state index < -0.39 is 16.0 Å². The Bertz CT molecular complexity index is 1010. The SMILES string of the molecule is CS(=O)(=O)c1ccc(C(N)n2cnc(-c3ccc(Cl)cc3Cl)c2)cc1. The van der Waals surface area contributed by atoms with Crippen molar-refractivity contribution in [1.29, 1.82) is 0 Å². The van der Waals surface area contributed by atoms with Gasteiger partial charge >= 0.3 is 0 Å². The highest BCUT2D eigenvalue weighted by Gasteiger charge is 2.13. The molecule has 0 fully saturated rings. The van der Waals surface area contributed by atoms with Crippen LogP contribution in [0.1, 0.15) is 11.7 Å². The van der Waals surface area contributed by atoms with Gasteiger partial charge in [-0.15, -0.1) is 0 Å². The number of rotatable bonds is 4. The molecule has 0 saturated carbocycles. The van der Waals surface area contributed by atoms with Crippen LogP contribution in [0.25, 0.3) is 11.3 Å². The number of nitrogens with zero attached hydrogens (tertiary/aromatic N) is 2. The molecule has 1 aromatic heterocycles. The standard InChI is InChI=1S/C17H15Cl2N3O2S/c1-25(23,24)13-5-2-11(3-6-13)17(20)22-9-16(21-10-22)14-7-4-12(18)8-15(14)19/h2-10,17H,20H2,1H3. The number of halogens is 2. The quantitative estimate of drug-likeness (QED) is 0.728. The van der Waals surface area contributed by atoms with E-state index in [9.17, 15) is 8.42 Å². The van der Waals surface area contributed by atoms with Gasteiger partial charge < -0.3 is 10.3 Å². The molecule has 25 heavy (non-hydrogen) atoms. The molecule has 3 aromatic rings. The predicted molar refractivity (Wildman–Crippen MR) is 99.6 cm³/mol. The van der Waals surface area contributed by atoms with E-state index in [4.69, 9.17) is 28.9 Å². The maximum atomic E-state index is 11.5. The lowest BCUT2D eigenvalue weighted by Gasteiger charge is -2.13. The van der Waals surface area contributed by atoms with Gasteiger partial charge in [0.25, 0.3) is 0 Å². The van der Waals surface area contributed by atoms with Gasteiger partial charge in [0.05, 0.1) is 21.9 Å². The molecule has 8 heteroatoms. The van der Waals surface area contributed by atoms with Crippen molar-refractivity contribution in [1.82, 2.24) is 9.55 Å². The van der Waals surface area contributed by atoms with E-state index in [1.165, 1.54) is 6.26 Å². The highest BCUT2D eigenvalue weighted by atomic mass is 35.5. The Kier molecular flexibility index (Phi) is 4.88. The van der Waals surface area contributed by atoms with E-state index in [1.54, 1.807) is 59.6 Å². The molecule has 0 spiro atoms. The van der Waals surface area contributed by atoms with Crippen LogP contribution in [0.15, 0.2) is 59.9 Å². The van der Waals surface area contributed by atoms with Crippen LogP contribution < -0.4 is 5.73 Å². The summed E-state index contributed by atoms with van der Waals surface area (Å²) < 4.78 is 24.8. The van der Waals surface area contributed by atoms with E-state index in [0.717, 1.165) is 11.1 Å². The maximum absolute atomic E-state index is 11.5. The molecular weight excluding hydrogens is 381 g/mol. The Balaban J connectivity index is 1.89. The minimum absolute atomic E-state index is 0.253. The molecule has 1 atom stereocenters. The van der Waals surface area contributed by atoms with Gasteiger partial charge in [-0.05, 0) is 35.9 Å². The summed E-state index contributed by atoms with van der Waals surface area (Å²) in [5.74, 6) is 0. The number of hydrogen-bond acceptors (Lipinski definition) is 4. The molecule has 0 aliphatic rings. The minimum Gasteiger partial charge on any atom is -0.317 e. The van der Waals surface area contributed by atoms with Gasteiger partial charge in [0.2, 0.25) is 0 Å². The van der Waals surface area contributed by atoms with Crippen LogP contribution in [-0.2, 0) is 9.84 Å². The summed E-state index contributed by atoms with van der Waals surface area (Å²) in [6, 6.07) is 11.7. The van der Waals surface area contributed by atoms with Gasteiger partial charge in [-0.25, -0.2) is 13.4 Å². The number of hydrogen-bond donors (Lipinski definition) is 1. The normalized spacial score (nSPS) is 13.0. The van der Waals surface area contributed by atoms with Crippen molar-refractivity contribution in [3.63, 3.8) is 0 Å². The molecule has 0 aliphatic carbocycles. The average Bonchev–Trinajstić information content (AvgIpc) is 3.03. The lowest BCUT2D eigenvalue weighted by molar-refractivity contribution is 0.599. The number of benzene rings is 2. The van der Waals surface area contributed by atoms with E-state index in [1.807, 2.05) is 0 Å². The molecule has 2 aromatic carbocycles. The second kappa shape index (κ2) is 6.80. The van der Waals surface area contributed by atoms with E-state index in [2.05, 4.69) is 4.98 Å². The third-order valence-corrected chi connectivity index (χ3v) is 5.46. The van der Waals surface area contributed by atoms with Crippen LogP contribution in [0.2, 0.25) is 10.0 Å². The number of nitrogens with two attached hydrogens (primary N) is 1. The summed E-state index contributed by atoms with van der Waals surface area (Å²) in [6.07, 6.45) is 4.06. The second-order valence-electron chi connectivity index (χ2n) is 5.62. The number of sulfone groups is 1. The molecule has 0 radical (unpaired) electrons. The summed E-state index contributed by atoms with van der Waals surface area (Å²) in [4.78, 5) is 4.59. The average molecular weight is 396 g/mol. The third kappa shape index (κ3) is 3.88. The van der Waals surface area contributed by atoms with Gasteiger partial charge in [0.15, 0.2) is 9.84 Å². The van der Waals surface area contributed by atoms with Gasteiger partial charge in [-0.1, -0.05) is 35.3 Å². The fourth-order valence-electron chi connectivity index (χ4n) is 2.41. The van der Waals surface area contributed by atoms with E-state index in [0.29, 0.717) is 15.7 Å². The van der Waals surface area contributed by atoms with Crippen LogP contribution >= 0.6 is 23.2 Å². The summed E-state index contributed by atoms with van der Waals surface area (Å²) in [7, 11) is -3.24. The Morgan fingerprint density at radius 1 is 1.12 bits per heavy atom. The first-order valence-corrected chi connectivity index (χ1v) is 9.95. The molecule has 0 amide bonds. The van der Waals surface area contributed by atoms with Crippen LogP contribution in [-0.4, -0.2) is 24.2 Å². The lowest BCUT2D eigenvalue weighted by atomic mass is 10.1. The topological polar surface area (TPSA) is 78.0 Å². The molecule has 130 valence electrons. The second-order valence-corrected chi connectivity index (χ2v) is 8.48. The van der Waals surface area contributed by atoms with Crippen molar-refractivity contribution in [3.05, 3.63) is 70.6 Å². The van der Waals surface area contributed by atoms with Crippen molar-refractivity contribution in [2.24, 2.45) is 5.73 Å². The molecule has 1 unspecified atom stereocenters. The maximum Gasteiger partial charge on any atom is 0.175 e. The summed E-state index contributed by atoms with van der Waals surface area (Å²) in [5, 5.41) is 1.06. The van der Waals surface area contributed by atoms with Crippen molar-refractivity contribution < 1.29 is 8.42 Å². The molecule has 1 heterocycles. The Labute approximate surface area is 155 Å². The molecule has 0 bridgehead atoms. The first-order chi connectivity index (χ1) is 11.8. The van der Waals surface area contributed by atoms with E-state index >= 15 is 0 Å². The van der Waals surface area contributed by atoms with Gasteiger partial charge in [-0.2, -0.15) is 0 Å². The largest absolute Gasteiger partial charge is 0.317 e. The highest BCUT2D eigenvalue weighted by molar-refractivity contribution is 7.90. The monoisotopic (exact) mass is 395 g/mol. The zero-order chi connectivity index (χ0) is 18.2. The van der Waals surface area contributed by atoms with Crippen molar-refractivity contribution in [2.45, 2.75) is 11.1 Å². The Morgan fingerprint density at radius 2 is 1.80 bits per heavy atom. The van der Waals surface area contributed by atoms with Crippen molar-refractivity contribution in [3.8, 4) is 11.3 Å². The molecular formula is C17H15Cl2N3O2S. The first-order valence-electron chi connectivity index (χ1n) is 7.30. The smallest absolute Gasteiger partial charge is 0.175 e. The van der Waals surface area contributed by atoms with E-state index in [-0.39, 0.29) is 4.90 Å². The Hall–Kier alpha value is -1.86. The molecule has 0 saturated heterocycles. The molecule has 0 aliphatic heterocycles. The zero-order valence-electron chi connectivity index (χ0n) is 13.2.